The number of carbonyl (C=O) groups excluding carboxylic acids is 1. The van der Waals surface area contributed by atoms with Crippen LogP contribution in [0.2, 0.25) is 0 Å². The predicted octanol–water partition coefficient (Wildman–Crippen LogP) is 1.49. The molecule has 0 saturated carbocycles. The molecule has 5 heteroatoms. The molecule has 0 saturated heterocycles. The molecule has 1 amide bonds. The largest absolute Gasteiger partial charge is 0.496 e. The smallest absolute Gasteiger partial charge is 0.328 e. The predicted molar refractivity (Wildman–Crippen MR) is 67.7 cm³/mol. The van der Waals surface area contributed by atoms with Gasteiger partial charge >= 0.3 is 5.97 Å². The number of carbonyl (C=O) groups is 2. The zero-order valence-electron chi connectivity index (χ0n) is 10.5. The first kappa shape index (κ1) is 13.8. The number of methoxy groups -OCH3 is 1. The summed E-state index contributed by atoms with van der Waals surface area (Å²) in [6, 6.07) is 4.87. The van der Waals surface area contributed by atoms with Gasteiger partial charge in [-0.25, -0.2) is 4.79 Å². The van der Waals surface area contributed by atoms with Crippen molar-refractivity contribution in [1.29, 1.82) is 0 Å². The van der Waals surface area contributed by atoms with Crippen molar-refractivity contribution < 1.29 is 19.4 Å². The molecule has 1 N–H and O–H groups in total. The highest BCUT2D eigenvalue weighted by Gasteiger charge is 2.10. The van der Waals surface area contributed by atoms with Gasteiger partial charge < -0.3 is 14.7 Å². The van der Waals surface area contributed by atoms with E-state index < -0.39 is 5.97 Å². The molecule has 0 bridgehead atoms. The number of aliphatic carboxylic acids is 1. The van der Waals surface area contributed by atoms with E-state index >= 15 is 0 Å². The number of rotatable bonds is 4. The standard InChI is InChI=1S/C13H15NO4/c1-14(2)13(17)10-4-6-11(18-3)9(8-10)5-7-12(15)16/h4-8H,1-3H3,(H,15,16)/b7-5+. The first-order chi connectivity index (χ1) is 8.45. The third-order valence-electron chi connectivity index (χ3n) is 2.29. The van der Waals surface area contributed by atoms with E-state index in [2.05, 4.69) is 0 Å². The molecule has 0 radical (unpaired) electrons. The lowest BCUT2D eigenvalue weighted by Crippen LogP contribution is -2.21. The normalized spacial score (nSPS) is 10.4. The molecule has 0 heterocycles. The van der Waals surface area contributed by atoms with Crippen LogP contribution in [0.25, 0.3) is 6.08 Å². The van der Waals surface area contributed by atoms with Crippen LogP contribution < -0.4 is 4.74 Å². The lowest BCUT2D eigenvalue weighted by molar-refractivity contribution is -0.131. The SMILES string of the molecule is COc1ccc(C(=O)N(C)C)cc1/C=C/C(=O)O. The van der Waals surface area contributed by atoms with E-state index in [1.807, 2.05) is 0 Å². The maximum atomic E-state index is 11.8. The molecule has 96 valence electrons. The fraction of sp³-hybridized carbons (Fsp3) is 0.231. The van der Waals surface area contributed by atoms with Gasteiger partial charge in [0.15, 0.2) is 0 Å². The van der Waals surface area contributed by atoms with Gasteiger partial charge in [-0.1, -0.05) is 0 Å². The van der Waals surface area contributed by atoms with Crippen LogP contribution in [0, 0.1) is 0 Å². The summed E-state index contributed by atoms with van der Waals surface area (Å²) < 4.78 is 5.10. The van der Waals surface area contributed by atoms with Gasteiger partial charge in [0.2, 0.25) is 0 Å². The fourth-order valence-electron chi connectivity index (χ4n) is 1.42. The van der Waals surface area contributed by atoms with Crippen LogP contribution in [-0.2, 0) is 4.79 Å². The molecular formula is C13H15NO4. The lowest BCUT2D eigenvalue weighted by atomic mass is 10.1. The average Bonchev–Trinajstić information content (AvgIpc) is 2.34. The van der Waals surface area contributed by atoms with E-state index in [0.717, 1.165) is 6.08 Å². The molecule has 0 fully saturated rings. The summed E-state index contributed by atoms with van der Waals surface area (Å²) in [5.41, 5.74) is 1.03. The minimum atomic E-state index is -1.05. The number of nitrogens with zero attached hydrogens (tertiary/aromatic N) is 1. The fourth-order valence-corrected chi connectivity index (χ4v) is 1.42. The Hall–Kier alpha value is -2.30. The monoisotopic (exact) mass is 249 g/mol. The molecular weight excluding hydrogens is 234 g/mol. The highest BCUT2D eigenvalue weighted by atomic mass is 16.5. The number of carboxylic acid groups (broad SMARTS) is 1. The summed E-state index contributed by atoms with van der Waals surface area (Å²) in [5, 5.41) is 8.60. The number of carboxylic acids is 1. The first-order valence-corrected chi connectivity index (χ1v) is 5.26. The Morgan fingerprint density at radius 1 is 1.33 bits per heavy atom. The van der Waals surface area contributed by atoms with E-state index in [1.165, 1.54) is 18.1 Å². The highest BCUT2D eigenvalue weighted by Crippen LogP contribution is 2.21. The van der Waals surface area contributed by atoms with Crippen LogP contribution in [0.1, 0.15) is 15.9 Å². The molecule has 1 aromatic carbocycles. The van der Waals surface area contributed by atoms with Crippen molar-refractivity contribution in [3.05, 3.63) is 35.4 Å². The lowest BCUT2D eigenvalue weighted by Gasteiger charge is -2.12. The van der Waals surface area contributed by atoms with Gasteiger partial charge in [0.1, 0.15) is 5.75 Å². The number of hydrogen-bond acceptors (Lipinski definition) is 3. The molecule has 1 aromatic rings. The Morgan fingerprint density at radius 3 is 2.50 bits per heavy atom. The van der Waals surface area contributed by atoms with Crippen molar-refractivity contribution in [2.45, 2.75) is 0 Å². The van der Waals surface area contributed by atoms with Gasteiger partial charge in [0.05, 0.1) is 7.11 Å². The van der Waals surface area contributed by atoms with Gasteiger partial charge in [0.25, 0.3) is 5.91 Å². The van der Waals surface area contributed by atoms with Crippen molar-refractivity contribution >= 4 is 18.0 Å². The van der Waals surface area contributed by atoms with Crippen LogP contribution in [-0.4, -0.2) is 43.1 Å². The molecule has 0 aliphatic heterocycles. The van der Waals surface area contributed by atoms with Crippen LogP contribution >= 0.6 is 0 Å². The van der Waals surface area contributed by atoms with Crippen molar-refractivity contribution in [3.8, 4) is 5.75 Å². The van der Waals surface area contributed by atoms with E-state index in [0.29, 0.717) is 16.9 Å². The van der Waals surface area contributed by atoms with Gasteiger partial charge in [-0.2, -0.15) is 0 Å². The number of hydrogen-bond donors (Lipinski definition) is 1. The quantitative estimate of drug-likeness (QED) is 0.821. The van der Waals surface area contributed by atoms with E-state index in [-0.39, 0.29) is 5.91 Å². The summed E-state index contributed by atoms with van der Waals surface area (Å²) in [4.78, 5) is 23.7. The minimum absolute atomic E-state index is 0.150. The molecule has 0 aliphatic rings. The third-order valence-corrected chi connectivity index (χ3v) is 2.29. The molecule has 0 atom stereocenters. The first-order valence-electron chi connectivity index (χ1n) is 5.26. The topological polar surface area (TPSA) is 66.8 Å². The zero-order valence-corrected chi connectivity index (χ0v) is 10.5. The Morgan fingerprint density at radius 2 is 2.00 bits per heavy atom. The number of amides is 1. The average molecular weight is 249 g/mol. The number of benzene rings is 1. The van der Waals surface area contributed by atoms with E-state index in [4.69, 9.17) is 9.84 Å². The molecule has 18 heavy (non-hydrogen) atoms. The Labute approximate surface area is 105 Å². The van der Waals surface area contributed by atoms with Crippen LogP contribution in [0.3, 0.4) is 0 Å². The van der Waals surface area contributed by atoms with Crippen molar-refractivity contribution in [2.75, 3.05) is 21.2 Å². The number of ether oxygens (including phenoxy) is 1. The van der Waals surface area contributed by atoms with E-state index in [1.54, 1.807) is 32.3 Å². The molecule has 0 unspecified atom stereocenters. The summed E-state index contributed by atoms with van der Waals surface area (Å²) in [6.45, 7) is 0. The molecule has 0 aromatic heterocycles. The maximum Gasteiger partial charge on any atom is 0.328 e. The van der Waals surface area contributed by atoms with Crippen molar-refractivity contribution in [3.63, 3.8) is 0 Å². The second kappa shape index (κ2) is 5.86. The molecule has 5 nitrogen and oxygen atoms in total. The Balaban J connectivity index is 3.17. The maximum absolute atomic E-state index is 11.8. The highest BCUT2D eigenvalue weighted by molar-refractivity contribution is 5.95. The minimum Gasteiger partial charge on any atom is -0.496 e. The Kier molecular flexibility index (Phi) is 4.48. The van der Waals surface area contributed by atoms with E-state index in [9.17, 15) is 9.59 Å². The summed E-state index contributed by atoms with van der Waals surface area (Å²) in [7, 11) is 4.79. The van der Waals surface area contributed by atoms with Crippen molar-refractivity contribution in [1.82, 2.24) is 4.90 Å². The Bertz CT molecular complexity index is 492. The van der Waals surface area contributed by atoms with Gasteiger partial charge in [-0.15, -0.1) is 0 Å². The third kappa shape index (κ3) is 3.35. The molecule has 1 rings (SSSR count). The summed E-state index contributed by atoms with van der Waals surface area (Å²) in [5.74, 6) is -0.688. The zero-order chi connectivity index (χ0) is 13.7. The van der Waals surface area contributed by atoms with Crippen LogP contribution in [0.5, 0.6) is 5.75 Å². The second-order valence-corrected chi connectivity index (χ2v) is 3.83. The van der Waals surface area contributed by atoms with Crippen LogP contribution in [0.4, 0.5) is 0 Å². The van der Waals surface area contributed by atoms with Gasteiger partial charge in [-0.05, 0) is 24.3 Å². The summed E-state index contributed by atoms with van der Waals surface area (Å²) in [6.07, 6.45) is 2.40. The molecule has 0 spiro atoms. The second-order valence-electron chi connectivity index (χ2n) is 3.83. The van der Waals surface area contributed by atoms with Crippen LogP contribution in [0.15, 0.2) is 24.3 Å². The van der Waals surface area contributed by atoms with Crippen molar-refractivity contribution in [2.24, 2.45) is 0 Å². The van der Waals surface area contributed by atoms with Gasteiger partial charge in [0, 0.05) is 31.3 Å². The van der Waals surface area contributed by atoms with Gasteiger partial charge in [-0.3, -0.25) is 4.79 Å². The summed E-state index contributed by atoms with van der Waals surface area (Å²) >= 11 is 0. The molecule has 0 aliphatic carbocycles.